The Labute approximate surface area is 228 Å². The van der Waals surface area contributed by atoms with Gasteiger partial charge in [0.2, 0.25) is 5.91 Å². The van der Waals surface area contributed by atoms with Gasteiger partial charge < -0.3 is 20.6 Å². The number of urea groups is 1. The molecule has 3 N–H and O–H groups in total. The number of amides is 3. The molecule has 2 aromatic carbocycles. The predicted molar refractivity (Wildman–Crippen MR) is 148 cm³/mol. The quantitative estimate of drug-likeness (QED) is 0.430. The maximum atomic E-state index is 13.0. The largest absolute Gasteiger partial charge is 0.478 e. The predicted octanol–water partition coefficient (Wildman–Crippen LogP) is 4.73. The van der Waals surface area contributed by atoms with Crippen LogP contribution in [0, 0.1) is 5.92 Å². The fourth-order valence-corrected chi connectivity index (χ4v) is 5.32. The maximum Gasteiger partial charge on any atom is 0.337 e. The third-order valence-corrected chi connectivity index (χ3v) is 7.38. The van der Waals surface area contributed by atoms with Gasteiger partial charge in [0.1, 0.15) is 0 Å². The molecule has 1 fully saturated rings. The number of hydrogen-bond donors (Lipinski definition) is 3. The second-order valence-electron chi connectivity index (χ2n) is 11.4. The van der Waals surface area contributed by atoms with Crippen molar-refractivity contribution < 1.29 is 19.5 Å². The number of aromatic carboxylic acids is 1. The molecule has 0 spiro atoms. The number of carboxylic acids is 1. The monoisotopic (exact) mass is 526 g/mol. The van der Waals surface area contributed by atoms with Crippen molar-refractivity contribution in [2.45, 2.75) is 58.2 Å². The summed E-state index contributed by atoms with van der Waals surface area (Å²) in [5.74, 6) is -0.760. The van der Waals surface area contributed by atoms with Gasteiger partial charge in [-0.2, -0.15) is 0 Å². The highest BCUT2D eigenvalue weighted by atomic mass is 16.4. The van der Waals surface area contributed by atoms with E-state index in [1.807, 2.05) is 51.1 Å². The number of rotatable bonds is 6. The fraction of sp³-hybridized carbons (Fsp3) is 0.355. The average Bonchev–Trinajstić information content (AvgIpc) is 3.72. The van der Waals surface area contributed by atoms with Gasteiger partial charge in [0.05, 0.1) is 5.56 Å². The molecule has 1 saturated carbocycles. The average molecular weight is 527 g/mol. The van der Waals surface area contributed by atoms with E-state index < -0.39 is 5.97 Å². The summed E-state index contributed by atoms with van der Waals surface area (Å²) in [7, 11) is 0. The van der Waals surface area contributed by atoms with E-state index in [2.05, 4.69) is 27.8 Å². The molecule has 2 atom stereocenters. The number of carboxylic acid groups (broad SMARTS) is 1. The van der Waals surface area contributed by atoms with Crippen LogP contribution in [-0.4, -0.2) is 45.0 Å². The van der Waals surface area contributed by atoms with Crippen LogP contribution in [-0.2, 0) is 24.3 Å². The molecule has 1 unspecified atom stereocenters. The minimum Gasteiger partial charge on any atom is -0.478 e. The number of benzene rings is 2. The summed E-state index contributed by atoms with van der Waals surface area (Å²) in [4.78, 5) is 43.5. The van der Waals surface area contributed by atoms with Crippen LogP contribution in [0.25, 0.3) is 11.1 Å². The lowest BCUT2D eigenvalue weighted by molar-refractivity contribution is -0.122. The Kier molecular flexibility index (Phi) is 7.12. The smallest absolute Gasteiger partial charge is 0.337 e. The Morgan fingerprint density at radius 1 is 1.05 bits per heavy atom. The molecule has 8 heteroatoms. The third kappa shape index (κ3) is 5.95. The summed E-state index contributed by atoms with van der Waals surface area (Å²) >= 11 is 0. The van der Waals surface area contributed by atoms with Crippen molar-refractivity contribution in [2.75, 3.05) is 6.54 Å². The first-order valence-electron chi connectivity index (χ1n) is 13.3. The standard InChI is InChI=1S/C31H34N4O4/c1-31(2,3)34-30(39)35-12-11-24-23(21-13-22(29(37)38)16-32-15-21)10-9-20(27(24)18-35)17-33-28(36)26-14-25(26)19-7-5-4-6-8-19/h4-10,13,15-16,25-26H,11-12,14,17-18H2,1-3H3,(H,33,36)(H,34,39)(H,37,38)/t25-,26?/m1/s1. The fourth-order valence-electron chi connectivity index (χ4n) is 5.32. The lowest BCUT2D eigenvalue weighted by Crippen LogP contribution is -2.50. The lowest BCUT2D eigenvalue weighted by atomic mass is 9.87. The van der Waals surface area contributed by atoms with Gasteiger partial charge in [-0.3, -0.25) is 9.78 Å². The van der Waals surface area contributed by atoms with Crippen LogP contribution in [0.3, 0.4) is 0 Å². The van der Waals surface area contributed by atoms with E-state index in [0.29, 0.717) is 26.1 Å². The van der Waals surface area contributed by atoms with E-state index in [9.17, 15) is 19.5 Å². The van der Waals surface area contributed by atoms with E-state index in [4.69, 9.17) is 0 Å². The molecule has 2 aliphatic rings. The molecule has 1 aliphatic heterocycles. The second-order valence-corrected chi connectivity index (χ2v) is 11.4. The number of carbonyl (C=O) groups excluding carboxylic acids is 2. The Morgan fingerprint density at radius 2 is 1.82 bits per heavy atom. The molecule has 3 aromatic rings. The van der Waals surface area contributed by atoms with E-state index in [1.165, 1.54) is 11.8 Å². The van der Waals surface area contributed by atoms with Crippen LogP contribution in [0.5, 0.6) is 0 Å². The molecular weight excluding hydrogens is 492 g/mol. The molecule has 8 nitrogen and oxygen atoms in total. The van der Waals surface area contributed by atoms with Gasteiger partial charge in [-0.25, -0.2) is 9.59 Å². The molecule has 3 amide bonds. The molecule has 39 heavy (non-hydrogen) atoms. The van der Waals surface area contributed by atoms with Crippen molar-refractivity contribution >= 4 is 17.9 Å². The highest BCUT2D eigenvalue weighted by molar-refractivity contribution is 5.89. The van der Waals surface area contributed by atoms with Crippen LogP contribution in [0.2, 0.25) is 0 Å². The van der Waals surface area contributed by atoms with E-state index in [-0.39, 0.29) is 34.9 Å². The van der Waals surface area contributed by atoms with Crippen molar-refractivity contribution in [3.8, 4) is 11.1 Å². The number of aromatic nitrogens is 1. The van der Waals surface area contributed by atoms with Crippen LogP contribution in [0.15, 0.2) is 60.9 Å². The first-order valence-corrected chi connectivity index (χ1v) is 13.3. The van der Waals surface area contributed by atoms with Gasteiger partial charge in [-0.15, -0.1) is 0 Å². The van der Waals surface area contributed by atoms with Crippen molar-refractivity contribution in [1.82, 2.24) is 20.5 Å². The first kappa shape index (κ1) is 26.4. The molecule has 1 aliphatic carbocycles. The van der Waals surface area contributed by atoms with E-state index in [1.54, 1.807) is 17.2 Å². The van der Waals surface area contributed by atoms with Crippen molar-refractivity contribution in [3.05, 3.63) is 88.7 Å². The molecule has 0 saturated heterocycles. The highest BCUT2D eigenvalue weighted by Gasteiger charge is 2.43. The maximum absolute atomic E-state index is 13.0. The third-order valence-electron chi connectivity index (χ3n) is 7.38. The van der Waals surface area contributed by atoms with Crippen molar-refractivity contribution in [2.24, 2.45) is 5.92 Å². The number of pyridine rings is 1. The number of hydrogen-bond acceptors (Lipinski definition) is 4. The Bertz CT molecular complexity index is 1410. The molecule has 5 rings (SSSR count). The summed E-state index contributed by atoms with van der Waals surface area (Å²) in [6, 6.07) is 15.5. The van der Waals surface area contributed by atoms with Gasteiger partial charge >= 0.3 is 12.0 Å². The van der Waals surface area contributed by atoms with Crippen LogP contribution in [0.1, 0.15) is 65.7 Å². The Morgan fingerprint density at radius 3 is 2.54 bits per heavy atom. The van der Waals surface area contributed by atoms with Crippen molar-refractivity contribution in [3.63, 3.8) is 0 Å². The van der Waals surface area contributed by atoms with Gasteiger partial charge in [-0.05, 0) is 73.4 Å². The molecule has 2 heterocycles. The number of fused-ring (bicyclic) bond motifs is 1. The molecule has 0 bridgehead atoms. The summed E-state index contributed by atoms with van der Waals surface area (Å²) in [6.07, 6.45) is 4.46. The Balaban J connectivity index is 1.40. The molecular formula is C31H34N4O4. The summed E-state index contributed by atoms with van der Waals surface area (Å²) < 4.78 is 0. The lowest BCUT2D eigenvalue weighted by Gasteiger charge is -2.34. The highest BCUT2D eigenvalue weighted by Crippen LogP contribution is 2.47. The van der Waals surface area contributed by atoms with E-state index in [0.717, 1.165) is 34.2 Å². The molecule has 202 valence electrons. The zero-order chi connectivity index (χ0) is 27.7. The van der Waals surface area contributed by atoms with Gasteiger partial charge in [0.15, 0.2) is 0 Å². The number of nitrogens with one attached hydrogen (secondary N) is 2. The van der Waals surface area contributed by atoms with Crippen molar-refractivity contribution in [1.29, 1.82) is 0 Å². The minimum atomic E-state index is -1.03. The number of nitrogens with zero attached hydrogens (tertiary/aromatic N) is 2. The van der Waals surface area contributed by atoms with Gasteiger partial charge in [0.25, 0.3) is 0 Å². The zero-order valence-electron chi connectivity index (χ0n) is 22.5. The van der Waals surface area contributed by atoms with Crippen LogP contribution >= 0.6 is 0 Å². The molecule has 0 radical (unpaired) electrons. The molecule has 1 aromatic heterocycles. The topological polar surface area (TPSA) is 112 Å². The van der Waals surface area contributed by atoms with Gasteiger partial charge in [0, 0.05) is 49.0 Å². The minimum absolute atomic E-state index is 0.0265. The normalized spacial score (nSPS) is 18.2. The van der Waals surface area contributed by atoms with Crippen LogP contribution < -0.4 is 10.6 Å². The summed E-state index contributed by atoms with van der Waals surface area (Å²) in [5, 5.41) is 15.6. The summed E-state index contributed by atoms with van der Waals surface area (Å²) in [6.45, 7) is 7.14. The van der Waals surface area contributed by atoms with E-state index >= 15 is 0 Å². The Hall–Kier alpha value is -4.20. The SMILES string of the molecule is CC(C)(C)NC(=O)N1CCc2c(-c3cncc(C(=O)O)c3)ccc(CNC(=O)C3C[C@@H]3c3ccccc3)c2C1. The zero-order valence-corrected chi connectivity index (χ0v) is 22.5. The van der Waals surface area contributed by atoms with Gasteiger partial charge in [-0.1, -0.05) is 42.5 Å². The first-order chi connectivity index (χ1) is 18.6. The summed E-state index contributed by atoms with van der Waals surface area (Å²) in [5.41, 5.74) is 5.57. The second kappa shape index (κ2) is 10.5. The number of carbonyl (C=O) groups is 3. The van der Waals surface area contributed by atoms with Crippen LogP contribution in [0.4, 0.5) is 4.79 Å².